The third-order valence-electron chi connectivity index (χ3n) is 3.55. The second-order valence-electron chi connectivity index (χ2n) is 4.76. The summed E-state index contributed by atoms with van der Waals surface area (Å²) in [6.45, 7) is 11.2. The highest BCUT2D eigenvalue weighted by Crippen LogP contribution is 2.25. The Balaban J connectivity index is 3.03. The molecule has 0 spiro atoms. The summed E-state index contributed by atoms with van der Waals surface area (Å²) >= 11 is 0. The third-order valence-corrected chi connectivity index (χ3v) is 3.55. The molecule has 0 heterocycles. The summed E-state index contributed by atoms with van der Waals surface area (Å²) in [5.74, 6) is 0. The van der Waals surface area contributed by atoms with Gasteiger partial charge >= 0.3 is 0 Å². The van der Waals surface area contributed by atoms with Gasteiger partial charge in [-0.1, -0.05) is 37.1 Å². The quantitative estimate of drug-likeness (QED) is 0.641. The molecule has 0 N–H and O–H groups in total. The van der Waals surface area contributed by atoms with Crippen molar-refractivity contribution < 1.29 is 0 Å². The van der Waals surface area contributed by atoms with Crippen LogP contribution in [0.25, 0.3) is 5.57 Å². The summed E-state index contributed by atoms with van der Waals surface area (Å²) in [5.41, 5.74) is 7.25. The Morgan fingerprint density at radius 1 is 1.12 bits per heavy atom. The van der Waals surface area contributed by atoms with Crippen LogP contribution in [0.15, 0.2) is 23.8 Å². The van der Waals surface area contributed by atoms with Crippen LogP contribution in [0.1, 0.15) is 56.7 Å². The van der Waals surface area contributed by atoms with E-state index in [0.29, 0.717) is 0 Å². The molecule has 0 aliphatic rings. The van der Waals surface area contributed by atoms with Crippen LogP contribution in [0.2, 0.25) is 0 Å². The first-order chi connectivity index (χ1) is 7.57. The van der Waals surface area contributed by atoms with E-state index in [2.05, 4.69) is 52.8 Å². The Labute approximate surface area is 100 Å². The van der Waals surface area contributed by atoms with Gasteiger partial charge in [-0.05, 0) is 62.8 Å². The number of allylic oxidation sites excluding steroid dienone is 2. The molecule has 0 radical (unpaired) electrons. The van der Waals surface area contributed by atoms with Crippen LogP contribution in [0.5, 0.6) is 0 Å². The fourth-order valence-corrected chi connectivity index (χ4v) is 2.02. The lowest BCUT2D eigenvalue weighted by atomic mass is 9.93. The molecular formula is C16H24. The lowest BCUT2D eigenvalue weighted by molar-refractivity contribution is 0.788. The molecule has 0 aliphatic carbocycles. The second-order valence-corrected chi connectivity index (χ2v) is 4.76. The Bertz CT molecular complexity index is 383. The molecule has 0 saturated carbocycles. The highest BCUT2D eigenvalue weighted by atomic mass is 14.1. The molecule has 0 heteroatoms. The van der Waals surface area contributed by atoms with Gasteiger partial charge < -0.3 is 0 Å². The van der Waals surface area contributed by atoms with Gasteiger partial charge in [0.15, 0.2) is 0 Å². The van der Waals surface area contributed by atoms with Crippen LogP contribution in [0.4, 0.5) is 0 Å². The lowest BCUT2D eigenvalue weighted by Crippen LogP contribution is -1.92. The zero-order valence-corrected chi connectivity index (χ0v) is 11.4. The molecule has 1 aromatic carbocycles. The van der Waals surface area contributed by atoms with Crippen LogP contribution in [-0.4, -0.2) is 0 Å². The normalized spacial score (nSPS) is 12.6. The van der Waals surface area contributed by atoms with Crippen molar-refractivity contribution in [1.29, 1.82) is 0 Å². The fourth-order valence-electron chi connectivity index (χ4n) is 2.02. The van der Waals surface area contributed by atoms with Gasteiger partial charge in [0.05, 0.1) is 0 Å². The Morgan fingerprint density at radius 2 is 1.81 bits per heavy atom. The fraction of sp³-hybridized carbons (Fsp3) is 0.500. The average Bonchev–Trinajstić information content (AvgIpc) is 2.28. The van der Waals surface area contributed by atoms with E-state index in [1.54, 1.807) is 0 Å². The van der Waals surface area contributed by atoms with Crippen LogP contribution in [0.3, 0.4) is 0 Å². The van der Waals surface area contributed by atoms with Crippen molar-refractivity contribution in [3.05, 3.63) is 40.5 Å². The highest BCUT2D eigenvalue weighted by molar-refractivity contribution is 5.69. The molecule has 0 nitrogen and oxygen atoms in total. The van der Waals surface area contributed by atoms with Crippen LogP contribution < -0.4 is 0 Å². The van der Waals surface area contributed by atoms with Crippen molar-refractivity contribution in [2.75, 3.05) is 0 Å². The molecule has 1 aromatic rings. The van der Waals surface area contributed by atoms with Crippen molar-refractivity contribution in [2.45, 2.75) is 53.9 Å². The molecule has 0 saturated heterocycles. The van der Waals surface area contributed by atoms with Crippen LogP contribution in [0, 0.1) is 13.8 Å². The van der Waals surface area contributed by atoms with Gasteiger partial charge in [-0.25, -0.2) is 0 Å². The molecule has 0 bridgehead atoms. The van der Waals surface area contributed by atoms with E-state index >= 15 is 0 Å². The van der Waals surface area contributed by atoms with E-state index in [4.69, 9.17) is 0 Å². The number of rotatable bonds is 4. The topological polar surface area (TPSA) is 0 Å². The van der Waals surface area contributed by atoms with Gasteiger partial charge in [-0.2, -0.15) is 0 Å². The third kappa shape index (κ3) is 2.98. The lowest BCUT2D eigenvalue weighted by Gasteiger charge is -2.12. The van der Waals surface area contributed by atoms with Crippen molar-refractivity contribution >= 4 is 5.57 Å². The number of hydrogen-bond donors (Lipinski definition) is 0. The summed E-state index contributed by atoms with van der Waals surface area (Å²) in [4.78, 5) is 0. The predicted molar refractivity (Wildman–Crippen MR) is 73.7 cm³/mol. The molecule has 1 rings (SSSR count). The predicted octanol–water partition coefficient (Wildman–Crippen LogP) is 5.29. The minimum absolute atomic E-state index is 1.23. The van der Waals surface area contributed by atoms with Gasteiger partial charge in [-0.3, -0.25) is 0 Å². The van der Waals surface area contributed by atoms with Gasteiger partial charge in [0, 0.05) is 0 Å². The van der Waals surface area contributed by atoms with Crippen LogP contribution in [-0.2, 0) is 0 Å². The number of aryl methyl sites for hydroxylation is 1. The monoisotopic (exact) mass is 216 g/mol. The van der Waals surface area contributed by atoms with Crippen molar-refractivity contribution in [3.63, 3.8) is 0 Å². The van der Waals surface area contributed by atoms with E-state index in [0.717, 1.165) is 0 Å². The molecule has 0 amide bonds. The number of unbranched alkanes of at least 4 members (excludes halogenated alkanes) is 1. The first-order valence-corrected chi connectivity index (χ1v) is 6.30. The van der Waals surface area contributed by atoms with E-state index in [1.165, 1.54) is 47.1 Å². The molecule has 0 aromatic heterocycles. The minimum Gasteiger partial charge on any atom is -0.0698 e. The number of hydrogen-bond acceptors (Lipinski definition) is 0. The van der Waals surface area contributed by atoms with E-state index < -0.39 is 0 Å². The Morgan fingerprint density at radius 3 is 2.44 bits per heavy atom. The Kier molecular flexibility index (Phi) is 4.79. The van der Waals surface area contributed by atoms with E-state index in [9.17, 15) is 0 Å². The van der Waals surface area contributed by atoms with E-state index in [-0.39, 0.29) is 0 Å². The summed E-state index contributed by atoms with van der Waals surface area (Å²) in [7, 11) is 0. The Hall–Kier alpha value is -1.04. The van der Waals surface area contributed by atoms with Gasteiger partial charge in [-0.15, -0.1) is 0 Å². The van der Waals surface area contributed by atoms with Gasteiger partial charge in [0.25, 0.3) is 0 Å². The zero-order chi connectivity index (χ0) is 12.1. The standard InChI is InChI=1S/C16H24/c1-6-7-9-12(2)14(4)16-11-8-10-13(3)15(16)5/h8,10-11H,6-7,9H2,1-5H3. The molecule has 0 unspecified atom stereocenters. The van der Waals surface area contributed by atoms with Gasteiger partial charge in [0.1, 0.15) is 0 Å². The van der Waals surface area contributed by atoms with Gasteiger partial charge in [0.2, 0.25) is 0 Å². The first kappa shape index (κ1) is 13.0. The number of benzene rings is 1. The molecule has 0 aliphatic heterocycles. The summed E-state index contributed by atoms with van der Waals surface area (Å²) in [6, 6.07) is 6.59. The highest BCUT2D eigenvalue weighted by Gasteiger charge is 2.05. The maximum absolute atomic E-state index is 2.27. The molecule has 0 atom stereocenters. The largest absolute Gasteiger partial charge is 0.0698 e. The maximum Gasteiger partial charge on any atom is -0.0196 e. The molecular weight excluding hydrogens is 192 g/mol. The maximum atomic E-state index is 2.27. The summed E-state index contributed by atoms with van der Waals surface area (Å²) in [6.07, 6.45) is 3.81. The van der Waals surface area contributed by atoms with Crippen molar-refractivity contribution in [3.8, 4) is 0 Å². The summed E-state index contributed by atoms with van der Waals surface area (Å²) in [5, 5.41) is 0. The SMILES string of the molecule is CCCCC(C)=C(C)c1cccc(C)c1C. The van der Waals surface area contributed by atoms with Crippen molar-refractivity contribution in [1.82, 2.24) is 0 Å². The van der Waals surface area contributed by atoms with Crippen LogP contribution >= 0.6 is 0 Å². The average molecular weight is 216 g/mol. The second kappa shape index (κ2) is 5.89. The smallest absolute Gasteiger partial charge is 0.0196 e. The molecule has 16 heavy (non-hydrogen) atoms. The van der Waals surface area contributed by atoms with Crippen molar-refractivity contribution in [2.24, 2.45) is 0 Å². The zero-order valence-electron chi connectivity index (χ0n) is 11.4. The molecule has 88 valence electrons. The summed E-state index contributed by atoms with van der Waals surface area (Å²) < 4.78 is 0. The minimum atomic E-state index is 1.23. The molecule has 0 fully saturated rings. The first-order valence-electron chi connectivity index (χ1n) is 6.30. The van der Waals surface area contributed by atoms with E-state index in [1.807, 2.05) is 0 Å².